The van der Waals surface area contributed by atoms with Crippen molar-refractivity contribution in [2.45, 2.75) is 119 Å². The SMILES string of the molecule is CC(C)NCCCCCC(=O)C(C)C.CC(C)OCCCCCC(=O)C(C)C. The molecule has 0 atom stereocenters. The molecular weight excluding hydrogens is 350 g/mol. The quantitative estimate of drug-likeness (QED) is 0.325. The van der Waals surface area contributed by atoms with Gasteiger partial charge in [0.05, 0.1) is 6.10 Å². The first kappa shape index (κ1) is 29.5. The lowest BCUT2D eigenvalue weighted by atomic mass is 10.0. The summed E-state index contributed by atoms with van der Waals surface area (Å²) < 4.78 is 5.41. The van der Waals surface area contributed by atoms with E-state index in [0.29, 0.717) is 23.7 Å². The van der Waals surface area contributed by atoms with Gasteiger partial charge in [0.25, 0.3) is 0 Å². The molecule has 0 aromatic carbocycles. The fraction of sp³-hybridized carbons (Fsp3) is 0.917. The Morgan fingerprint density at radius 2 is 1.14 bits per heavy atom. The zero-order valence-corrected chi connectivity index (χ0v) is 20.1. The second-order valence-electron chi connectivity index (χ2n) is 8.89. The summed E-state index contributed by atoms with van der Waals surface area (Å²) in [6, 6.07) is 0.576. The molecule has 0 saturated carbocycles. The van der Waals surface area contributed by atoms with Crippen molar-refractivity contribution in [1.82, 2.24) is 5.32 Å². The summed E-state index contributed by atoms with van der Waals surface area (Å²) in [5.74, 6) is 1.20. The number of unbranched alkanes of at least 4 members (excludes halogenated alkanes) is 4. The summed E-state index contributed by atoms with van der Waals surface area (Å²) >= 11 is 0. The summed E-state index contributed by atoms with van der Waals surface area (Å²) in [5.41, 5.74) is 0. The first-order valence-electron chi connectivity index (χ1n) is 11.5. The predicted octanol–water partition coefficient (Wildman–Crippen LogP) is 5.97. The Balaban J connectivity index is 0. The summed E-state index contributed by atoms with van der Waals surface area (Å²) in [6.45, 7) is 18.2. The minimum atomic E-state index is 0.196. The van der Waals surface area contributed by atoms with E-state index in [-0.39, 0.29) is 11.8 Å². The summed E-state index contributed by atoms with van der Waals surface area (Å²) in [6.07, 6.45) is 8.41. The van der Waals surface area contributed by atoms with Crippen LogP contribution in [0, 0.1) is 11.8 Å². The van der Waals surface area contributed by atoms with Crippen molar-refractivity contribution >= 4 is 11.6 Å². The van der Waals surface area contributed by atoms with Gasteiger partial charge in [-0.05, 0) is 46.1 Å². The number of Topliss-reactive ketones (excluding diaryl/α,β-unsaturated/α-hetero) is 2. The number of ketones is 2. The molecule has 0 unspecified atom stereocenters. The van der Waals surface area contributed by atoms with Crippen LogP contribution in [0.15, 0.2) is 0 Å². The van der Waals surface area contributed by atoms with Crippen molar-refractivity contribution in [2.24, 2.45) is 11.8 Å². The van der Waals surface area contributed by atoms with Crippen molar-refractivity contribution in [3.63, 3.8) is 0 Å². The number of carbonyl (C=O) groups is 2. The van der Waals surface area contributed by atoms with Crippen molar-refractivity contribution in [3.8, 4) is 0 Å². The Labute approximate surface area is 175 Å². The molecule has 0 spiro atoms. The van der Waals surface area contributed by atoms with Gasteiger partial charge in [-0.1, -0.05) is 54.4 Å². The van der Waals surface area contributed by atoms with Gasteiger partial charge in [0.2, 0.25) is 0 Å². The highest BCUT2D eigenvalue weighted by atomic mass is 16.5. The van der Waals surface area contributed by atoms with E-state index < -0.39 is 0 Å². The molecule has 4 nitrogen and oxygen atoms in total. The number of carbonyl (C=O) groups excluding carboxylic acids is 2. The van der Waals surface area contributed by atoms with Crippen molar-refractivity contribution in [1.29, 1.82) is 0 Å². The standard InChI is InChI=1S/C12H25NO.C12H24O2/c1-10(2)12(14)8-6-5-7-9-13-11(3)4;1-10(2)12(13)8-6-5-7-9-14-11(3)4/h10-11,13H,5-9H2,1-4H3;10-11H,5-9H2,1-4H3. The minimum absolute atomic E-state index is 0.196. The monoisotopic (exact) mass is 399 g/mol. The normalized spacial score (nSPS) is 11.3. The van der Waals surface area contributed by atoms with Crippen molar-refractivity contribution < 1.29 is 14.3 Å². The summed E-state index contributed by atoms with van der Waals surface area (Å²) in [7, 11) is 0. The van der Waals surface area contributed by atoms with Gasteiger partial charge in [-0.3, -0.25) is 9.59 Å². The molecule has 0 radical (unpaired) electrons. The van der Waals surface area contributed by atoms with Crippen LogP contribution >= 0.6 is 0 Å². The molecule has 1 N–H and O–H groups in total. The Morgan fingerprint density at radius 1 is 0.679 bits per heavy atom. The third-order valence-corrected chi connectivity index (χ3v) is 4.46. The molecule has 0 aromatic rings. The number of ether oxygens (including phenoxy) is 1. The minimum Gasteiger partial charge on any atom is -0.379 e. The number of hydrogen-bond acceptors (Lipinski definition) is 4. The molecule has 4 heteroatoms. The van der Waals surface area contributed by atoms with Crippen LogP contribution in [0.4, 0.5) is 0 Å². The van der Waals surface area contributed by atoms with E-state index in [4.69, 9.17) is 4.74 Å². The van der Waals surface area contributed by atoms with E-state index in [0.717, 1.165) is 58.1 Å². The van der Waals surface area contributed by atoms with Crippen LogP contribution in [0.5, 0.6) is 0 Å². The van der Waals surface area contributed by atoms with Gasteiger partial charge in [-0.25, -0.2) is 0 Å². The Kier molecular flexibility index (Phi) is 20.6. The molecule has 168 valence electrons. The average Bonchev–Trinajstić information content (AvgIpc) is 2.60. The zero-order valence-electron chi connectivity index (χ0n) is 20.1. The van der Waals surface area contributed by atoms with Gasteiger partial charge >= 0.3 is 0 Å². The van der Waals surface area contributed by atoms with Gasteiger partial charge < -0.3 is 10.1 Å². The molecule has 0 amide bonds. The number of nitrogens with one attached hydrogen (secondary N) is 1. The number of rotatable bonds is 16. The third-order valence-electron chi connectivity index (χ3n) is 4.46. The zero-order chi connectivity index (χ0) is 21.9. The van der Waals surface area contributed by atoms with Crippen LogP contribution in [0.25, 0.3) is 0 Å². The van der Waals surface area contributed by atoms with E-state index in [9.17, 15) is 9.59 Å². The van der Waals surface area contributed by atoms with E-state index >= 15 is 0 Å². The second-order valence-corrected chi connectivity index (χ2v) is 8.89. The van der Waals surface area contributed by atoms with Crippen molar-refractivity contribution in [3.05, 3.63) is 0 Å². The topological polar surface area (TPSA) is 55.4 Å². The van der Waals surface area contributed by atoms with E-state index in [2.05, 4.69) is 19.2 Å². The maximum atomic E-state index is 11.3. The molecule has 0 fully saturated rings. The largest absolute Gasteiger partial charge is 0.379 e. The average molecular weight is 400 g/mol. The van der Waals surface area contributed by atoms with Crippen molar-refractivity contribution in [2.75, 3.05) is 13.2 Å². The molecular formula is C24H49NO3. The third kappa shape index (κ3) is 23.3. The summed E-state index contributed by atoms with van der Waals surface area (Å²) in [5, 5.41) is 3.37. The Hall–Kier alpha value is -0.740. The van der Waals surface area contributed by atoms with Crippen LogP contribution in [0.3, 0.4) is 0 Å². The van der Waals surface area contributed by atoms with Gasteiger partial charge in [0.15, 0.2) is 0 Å². The van der Waals surface area contributed by atoms with Crippen LogP contribution in [-0.4, -0.2) is 36.9 Å². The lowest BCUT2D eigenvalue weighted by Gasteiger charge is -2.07. The fourth-order valence-corrected chi connectivity index (χ4v) is 2.47. The lowest BCUT2D eigenvalue weighted by molar-refractivity contribution is -0.122. The van der Waals surface area contributed by atoms with Crippen LogP contribution in [0.2, 0.25) is 0 Å². The highest BCUT2D eigenvalue weighted by molar-refractivity contribution is 5.80. The van der Waals surface area contributed by atoms with Crippen LogP contribution < -0.4 is 5.32 Å². The molecule has 28 heavy (non-hydrogen) atoms. The molecule has 0 aliphatic heterocycles. The molecule has 0 bridgehead atoms. The number of hydrogen-bond donors (Lipinski definition) is 1. The predicted molar refractivity (Wildman–Crippen MR) is 121 cm³/mol. The van der Waals surface area contributed by atoms with Gasteiger partial charge in [-0.2, -0.15) is 0 Å². The Morgan fingerprint density at radius 3 is 1.54 bits per heavy atom. The Bertz CT molecular complexity index is 340. The van der Waals surface area contributed by atoms with Gasteiger partial charge in [0.1, 0.15) is 11.6 Å². The molecule has 0 rings (SSSR count). The maximum absolute atomic E-state index is 11.3. The maximum Gasteiger partial charge on any atom is 0.135 e. The first-order chi connectivity index (χ1) is 13.1. The second kappa shape index (κ2) is 19.6. The first-order valence-corrected chi connectivity index (χ1v) is 11.5. The molecule has 0 heterocycles. The van der Waals surface area contributed by atoms with Crippen LogP contribution in [0.1, 0.15) is 107 Å². The highest BCUT2D eigenvalue weighted by Gasteiger charge is 2.06. The fourth-order valence-electron chi connectivity index (χ4n) is 2.47. The van der Waals surface area contributed by atoms with Gasteiger partial charge in [-0.15, -0.1) is 0 Å². The van der Waals surface area contributed by atoms with E-state index in [1.807, 2.05) is 41.5 Å². The van der Waals surface area contributed by atoms with E-state index in [1.54, 1.807) is 0 Å². The lowest BCUT2D eigenvalue weighted by Crippen LogP contribution is -2.23. The molecule has 0 aromatic heterocycles. The molecule has 0 saturated heterocycles. The summed E-state index contributed by atoms with van der Waals surface area (Å²) in [4.78, 5) is 22.5. The molecule has 0 aliphatic carbocycles. The van der Waals surface area contributed by atoms with Gasteiger partial charge in [0, 0.05) is 37.3 Å². The highest BCUT2D eigenvalue weighted by Crippen LogP contribution is 2.07. The smallest absolute Gasteiger partial charge is 0.135 e. The van der Waals surface area contributed by atoms with Crippen LogP contribution in [-0.2, 0) is 14.3 Å². The molecule has 0 aliphatic rings. The van der Waals surface area contributed by atoms with E-state index in [1.165, 1.54) is 6.42 Å².